The molecule has 1 saturated heterocycles. The summed E-state index contributed by atoms with van der Waals surface area (Å²) >= 11 is 0. The van der Waals surface area contributed by atoms with Crippen LogP contribution in [0.25, 0.3) is 22.2 Å². The van der Waals surface area contributed by atoms with Gasteiger partial charge in [0.05, 0.1) is 17.0 Å². The first kappa shape index (κ1) is 19.1. The van der Waals surface area contributed by atoms with Gasteiger partial charge in [0.1, 0.15) is 23.5 Å². The van der Waals surface area contributed by atoms with Crippen molar-refractivity contribution < 1.29 is 13.6 Å². The first-order valence-electron chi connectivity index (χ1n) is 10.3. The lowest BCUT2D eigenvalue weighted by Crippen LogP contribution is -2.39. The molecule has 2 aliphatic heterocycles. The molecule has 0 radical (unpaired) electrons. The maximum absolute atomic E-state index is 14.7. The molecule has 6 nitrogen and oxygen atoms in total. The number of pyridine rings is 1. The summed E-state index contributed by atoms with van der Waals surface area (Å²) < 4.78 is 30.6. The van der Waals surface area contributed by atoms with E-state index in [1.807, 2.05) is 13.8 Å². The number of hydrogen-bond acceptors (Lipinski definition) is 4. The van der Waals surface area contributed by atoms with Crippen LogP contribution in [-0.4, -0.2) is 39.9 Å². The fourth-order valence-corrected chi connectivity index (χ4v) is 4.66. The second kappa shape index (κ2) is 6.84. The summed E-state index contributed by atoms with van der Waals surface area (Å²) in [6.07, 6.45) is 1.70. The lowest BCUT2D eigenvalue weighted by Gasteiger charge is -2.27. The van der Waals surface area contributed by atoms with E-state index in [1.165, 1.54) is 12.1 Å². The summed E-state index contributed by atoms with van der Waals surface area (Å²) in [5.41, 5.74) is 1.95. The zero-order valence-corrected chi connectivity index (χ0v) is 16.9. The lowest BCUT2D eigenvalue weighted by molar-refractivity contribution is -0.120. The van der Waals surface area contributed by atoms with E-state index in [2.05, 4.69) is 15.6 Å². The van der Waals surface area contributed by atoms with E-state index in [0.29, 0.717) is 41.8 Å². The van der Waals surface area contributed by atoms with E-state index >= 15 is 0 Å². The smallest absolute Gasteiger partial charge is 0.236 e. The van der Waals surface area contributed by atoms with Crippen LogP contribution in [0.4, 0.5) is 14.6 Å². The number of hydrogen-bond donors (Lipinski definition) is 2. The van der Waals surface area contributed by atoms with Gasteiger partial charge in [-0.25, -0.2) is 13.8 Å². The van der Waals surface area contributed by atoms with Crippen LogP contribution in [0.5, 0.6) is 0 Å². The topological polar surface area (TPSA) is 71.8 Å². The monoisotopic (exact) mass is 411 g/mol. The van der Waals surface area contributed by atoms with Crippen LogP contribution in [0.15, 0.2) is 30.5 Å². The average Bonchev–Trinajstić information content (AvgIpc) is 3.23. The van der Waals surface area contributed by atoms with Crippen molar-refractivity contribution in [2.24, 2.45) is 0 Å². The Labute approximate surface area is 172 Å². The highest BCUT2D eigenvalue weighted by molar-refractivity contribution is 6.08. The molecule has 3 atom stereocenters. The van der Waals surface area contributed by atoms with E-state index in [4.69, 9.17) is 5.10 Å². The molecule has 0 aliphatic carbocycles. The number of piperidine rings is 1. The summed E-state index contributed by atoms with van der Waals surface area (Å²) in [5.74, 6) is 0.00630. The quantitative estimate of drug-likeness (QED) is 0.689. The van der Waals surface area contributed by atoms with E-state index in [1.54, 1.807) is 23.0 Å². The molecule has 1 amide bonds. The molecule has 30 heavy (non-hydrogen) atoms. The molecular formula is C22H23F2N5O. The predicted octanol–water partition coefficient (Wildman–Crippen LogP) is 3.73. The molecule has 2 N–H and O–H groups in total. The molecule has 1 aromatic carbocycles. The number of carbonyl (C=O) groups excluding carboxylic acids is 1. The van der Waals surface area contributed by atoms with Crippen LogP contribution >= 0.6 is 0 Å². The molecular weight excluding hydrogens is 388 g/mol. The Morgan fingerprint density at radius 1 is 1.33 bits per heavy atom. The van der Waals surface area contributed by atoms with Crippen molar-refractivity contribution in [1.29, 1.82) is 0 Å². The number of benzene rings is 1. The van der Waals surface area contributed by atoms with Crippen molar-refractivity contribution >= 4 is 22.6 Å². The van der Waals surface area contributed by atoms with Crippen molar-refractivity contribution in [2.75, 3.05) is 18.4 Å². The Balaban J connectivity index is 1.77. The number of nitrogens with zero attached hydrogens (tertiary/aromatic N) is 3. The highest BCUT2D eigenvalue weighted by Gasteiger charge is 2.44. The van der Waals surface area contributed by atoms with E-state index in [9.17, 15) is 13.6 Å². The van der Waals surface area contributed by atoms with Gasteiger partial charge in [0.2, 0.25) is 5.91 Å². The molecule has 0 saturated carbocycles. The van der Waals surface area contributed by atoms with Crippen molar-refractivity contribution in [3.05, 3.63) is 41.8 Å². The lowest BCUT2D eigenvalue weighted by atomic mass is 9.79. The molecule has 0 bridgehead atoms. The summed E-state index contributed by atoms with van der Waals surface area (Å²) in [7, 11) is 0. The number of fused-ring (bicyclic) bond motifs is 2. The molecule has 4 heterocycles. The normalized spacial score (nSPS) is 26.1. The molecule has 156 valence electrons. The van der Waals surface area contributed by atoms with Gasteiger partial charge >= 0.3 is 0 Å². The van der Waals surface area contributed by atoms with Gasteiger partial charge < -0.3 is 10.6 Å². The van der Waals surface area contributed by atoms with Gasteiger partial charge in [-0.05, 0) is 50.6 Å². The zero-order valence-electron chi connectivity index (χ0n) is 16.9. The summed E-state index contributed by atoms with van der Waals surface area (Å²) in [4.78, 5) is 17.0. The van der Waals surface area contributed by atoms with Crippen molar-refractivity contribution in [1.82, 2.24) is 20.1 Å². The van der Waals surface area contributed by atoms with E-state index < -0.39 is 17.6 Å². The van der Waals surface area contributed by atoms with Gasteiger partial charge in [0.25, 0.3) is 0 Å². The molecule has 0 unspecified atom stereocenters. The minimum atomic E-state index is -1.09. The highest BCUT2D eigenvalue weighted by Crippen LogP contribution is 2.46. The fraction of sp³-hybridized carbons (Fsp3) is 0.409. The second-order valence-corrected chi connectivity index (χ2v) is 8.25. The number of rotatable bonds is 3. The molecule has 2 aliphatic rings. The molecule has 1 fully saturated rings. The summed E-state index contributed by atoms with van der Waals surface area (Å²) in [6, 6.07) is 5.83. The van der Waals surface area contributed by atoms with Gasteiger partial charge in [-0.2, -0.15) is 5.10 Å². The maximum atomic E-state index is 14.7. The van der Waals surface area contributed by atoms with Gasteiger partial charge in [-0.1, -0.05) is 6.92 Å². The summed E-state index contributed by atoms with van der Waals surface area (Å²) in [6.45, 7) is 4.79. The van der Waals surface area contributed by atoms with Crippen molar-refractivity contribution in [2.45, 2.75) is 44.3 Å². The molecule has 2 aromatic heterocycles. The third-order valence-electron chi connectivity index (χ3n) is 6.55. The first-order chi connectivity index (χ1) is 14.4. The maximum Gasteiger partial charge on any atom is 0.236 e. The van der Waals surface area contributed by atoms with Crippen LogP contribution in [0.1, 0.15) is 38.3 Å². The number of carbonyl (C=O) groups is 1. The Morgan fingerprint density at radius 3 is 2.93 bits per heavy atom. The first-order valence-corrected chi connectivity index (χ1v) is 10.3. The second-order valence-electron chi connectivity index (χ2n) is 8.25. The Morgan fingerprint density at radius 2 is 2.17 bits per heavy atom. The standard InChI is InChI=1S/C22H23F2N5O/c1-3-22(2)18-13(6-9-26-20(18)27-21(22)30)19-14-10-12(23)4-5-16(14)29(28-19)17-7-8-25-11-15(17)24/h4-6,9-10,15,17,25H,3,7-8,11H2,1-2H3,(H,26,27,30)/t15-,17+,22-/m0/s1. The Hall–Kier alpha value is -2.87. The summed E-state index contributed by atoms with van der Waals surface area (Å²) in [5, 5.41) is 11.3. The molecule has 0 spiro atoms. The van der Waals surface area contributed by atoms with Crippen LogP contribution in [0, 0.1) is 5.82 Å². The average molecular weight is 411 g/mol. The third kappa shape index (κ3) is 2.66. The minimum Gasteiger partial charge on any atom is -0.314 e. The van der Waals surface area contributed by atoms with E-state index in [0.717, 1.165) is 11.1 Å². The number of alkyl halides is 1. The zero-order chi connectivity index (χ0) is 21.0. The molecule has 8 heteroatoms. The van der Waals surface area contributed by atoms with Crippen LogP contribution in [-0.2, 0) is 10.2 Å². The Bertz CT molecular complexity index is 1160. The van der Waals surface area contributed by atoms with Gasteiger partial charge in [-0.3, -0.25) is 9.48 Å². The van der Waals surface area contributed by atoms with Crippen molar-refractivity contribution in [3.8, 4) is 11.3 Å². The molecule has 3 aromatic rings. The van der Waals surface area contributed by atoms with Gasteiger partial charge in [-0.15, -0.1) is 0 Å². The SMILES string of the molecule is CC[C@]1(C)C(=O)Nc2nccc(-c3nn([C@@H]4CCNC[C@@H]4F)c4ccc(F)cc34)c21. The minimum absolute atomic E-state index is 0.114. The van der Waals surface area contributed by atoms with Crippen LogP contribution in [0.2, 0.25) is 0 Å². The Kier molecular flexibility index (Phi) is 4.36. The third-order valence-corrected chi connectivity index (χ3v) is 6.55. The number of amides is 1. The van der Waals surface area contributed by atoms with Crippen LogP contribution < -0.4 is 10.6 Å². The van der Waals surface area contributed by atoms with Crippen LogP contribution in [0.3, 0.4) is 0 Å². The predicted molar refractivity (Wildman–Crippen MR) is 111 cm³/mol. The van der Waals surface area contributed by atoms with Gasteiger partial charge in [0.15, 0.2) is 0 Å². The number of nitrogens with one attached hydrogen (secondary N) is 2. The van der Waals surface area contributed by atoms with E-state index in [-0.39, 0.29) is 18.3 Å². The number of aromatic nitrogens is 3. The number of anilines is 1. The largest absolute Gasteiger partial charge is 0.314 e. The van der Waals surface area contributed by atoms with Crippen molar-refractivity contribution in [3.63, 3.8) is 0 Å². The number of halogens is 2. The highest BCUT2D eigenvalue weighted by atomic mass is 19.1. The fourth-order valence-electron chi connectivity index (χ4n) is 4.66. The molecule has 5 rings (SSSR count). The van der Waals surface area contributed by atoms with Gasteiger partial charge in [0, 0.05) is 29.3 Å².